The summed E-state index contributed by atoms with van der Waals surface area (Å²) in [5, 5.41) is 3.15. The van der Waals surface area contributed by atoms with Crippen LogP contribution in [0.15, 0.2) is 27.4 Å². The van der Waals surface area contributed by atoms with Crippen LogP contribution in [0.2, 0.25) is 0 Å². The van der Waals surface area contributed by atoms with Crippen LogP contribution in [-0.2, 0) is 0 Å². The molecule has 3 aliphatic carbocycles. The molecule has 0 aliphatic heterocycles. The van der Waals surface area contributed by atoms with Crippen molar-refractivity contribution in [1.29, 1.82) is 0 Å². The highest BCUT2D eigenvalue weighted by Gasteiger charge is 2.42. The zero-order valence-corrected chi connectivity index (χ0v) is 18.7. The molecule has 3 unspecified atom stereocenters. The zero-order chi connectivity index (χ0) is 22.8. The Morgan fingerprint density at radius 3 is 2.48 bits per heavy atom. The maximum Gasteiger partial charge on any atom is 0.391 e. The molecule has 0 radical (unpaired) electrons. The molecule has 0 aromatic heterocycles. The summed E-state index contributed by atoms with van der Waals surface area (Å²) in [6.07, 6.45) is 0.842. The molecular weight excluding hydrogens is 438 g/mol. The van der Waals surface area contributed by atoms with E-state index in [-0.39, 0.29) is 42.7 Å². The molecule has 3 aliphatic rings. The van der Waals surface area contributed by atoms with Crippen LogP contribution in [0.4, 0.5) is 26.3 Å². The zero-order valence-electron chi connectivity index (χ0n) is 17.9. The second-order valence-corrected chi connectivity index (χ2v) is 10.2. The number of rotatable bonds is 7. The van der Waals surface area contributed by atoms with Crippen LogP contribution in [0.25, 0.3) is 0 Å². The number of amidine groups is 1. The van der Waals surface area contributed by atoms with Crippen molar-refractivity contribution in [2.75, 3.05) is 12.3 Å². The Kier molecular flexibility index (Phi) is 7.75. The fourth-order valence-electron chi connectivity index (χ4n) is 4.15. The first-order valence-corrected chi connectivity index (χ1v) is 11.9. The van der Waals surface area contributed by atoms with E-state index in [1.165, 1.54) is 6.08 Å². The van der Waals surface area contributed by atoms with E-state index >= 15 is 0 Å². The lowest BCUT2D eigenvalue weighted by Gasteiger charge is -2.30. The van der Waals surface area contributed by atoms with Crippen molar-refractivity contribution in [1.82, 2.24) is 5.32 Å². The number of hydrogen-bond acceptors (Lipinski definition) is 2. The van der Waals surface area contributed by atoms with Gasteiger partial charge < -0.3 is 5.32 Å². The third kappa shape index (κ3) is 7.46. The molecule has 31 heavy (non-hydrogen) atoms. The molecule has 1 N–H and O–H groups in total. The molecular formula is C22H30F6N2S. The maximum atomic E-state index is 14.6. The van der Waals surface area contributed by atoms with Gasteiger partial charge in [-0.2, -0.15) is 13.2 Å². The van der Waals surface area contributed by atoms with E-state index in [9.17, 15) is 26.3 Å². The van der Waals surface area contributed by atoms with E-state index in [1.807, 2.05) is 0 Å². The third-order valence-corrected chi connectivity index (χ3v) is 7.56. The maximum absolute atomic E-state index is 14.6. The standard InChI is InChI=1S/C22H30F6N2S/c1-13-8-17(23)18(10-19(13)31-12-21(2,24)25)30-20(15-6-7-15)29-11-14-4-3-5-16(9-14)22(26,27)28/h8,14-16,18H,3-7,9-12H2,1-2H3,(H,29,30). The van der Waals surface area contributed by atoms with Crippen LogP contribution >= 0.6 is 11.8 Å². The van der Waals surface area contributed by atoms with Gasteiger partial charge in [0, 0.05) is 25.8 Å². The number of halogens is 6. The average Bonchev–Trinajstić information content (AvgIpc) is 3.50. The molecule has 0 saturated heterocycles. The molecule has 3 atom stereocenters. The molecule has 0 aromatic carbocycles. The van der Waals surface area contributed by atoms with Gasteiger partial charge in [0.1, 0.15) is 5.83 Å². The van der Waals surface area contributed by atoms with Crippen LogP contribution in [0.5, 0.6) is 0 Å². The highest BCUT2D eigenvalue weighted by molar-refractivity contribution is 8.03. The Bertz CT molecular complexity index is 733. The second kappa shape index (κ2) is 9.79. The van der Waals surface area contributed by atoms with Gasteiger partial charge in [-0.1, -0.05) is 6.42 Å². The van der Waals surface area contributed by atoms with Crippen molar-refractivity contribution in [3.63, 3.8) is 0 Å². The number of aliphatic imine (C=N–C) groups is 1. The molecule has 2 nitrogen and oxygen atoms in total. The Morgan fingerprint density at radius 2 is 1.87 bits per heavy atom. The first-order valence-electron chi connectivity index (χ1n) is 10.9. The molecule has 176 valence electrons. The highest BCUT2D eigenvalue weighted by atomic mass is 32.2. The van der Waals surface area contributed by atoms with Gasteiger partial charge in [-0.3, -0.25) is 4.99 Å². The van der Waals surface area contributed by atoms with E-state index in [0.29, 0.717) is 24.4 Å². The minimum atomic E-state index is -4.16. The molecule has 0 aromatic rings. The Balaban J connectivity index is 1.62. The summed E-state index contributed by atoms with van der Waals surface area (Å²) in [6.45, 7) is 2.88. The van der Waals surface area contributed by atoms with Crippen molar-refractivity contribution in [2.24, 2.45) is 22.7 Å². The molecule has 2 fully saturated rings. The average molecular weight is 469 g/mol. The molecule has 0 bridgehead atoms. The van der Waals surface area contributed by atoms with Gasteiger partial charge in [-0.15, -0.1) is 11.8 Å². The lowest BCUT2D eigenvalue weighted by atomic mass is 9.81. The van der Waals surface area contributed by atoms with Crippen molar-refractivity contribution in [3.05, 3.63) is 22.4 Å². The normalized spacial score (nSPS) is 28.6. The quantitative estimate of drug-likeness (QED) is 0.246. The smallest absolute Gasteiger partial charge is 0.364 e. The molecule has 9 heteroatoms. The van der Waals surface area contributed by atoms with Crippen molar-refractivity contribution >= 4 is 17.6 Å². The predicted molar refractivity (Wildman–Crippen MR) is 113 cm³/mol. The Labute approximate surface area is 184 Å². The highest BCUT2D eigenvalue weighted by Crippen LogP contribution is 2.40. The van der Waals surface area contributed by atoms with Crippen LogP contribution < -0.4 is 5.32 Å². The molecule has 0 spiro atoms. The van der Waals surface area contributed by atoms with E-state index in [1.54, 1.807) is 6.92 Å². The van der Waals surface area contributed by atoms with E-state index in [4.69, 9.17) is 0 Å². The number of thioether (sulfide) groups is 1. The number of hydrogen-bond donors (Lipinski definition) is 1. The van der Waals surface area contributed by atoms with Crippen molar-refractivity contribution < 1.29 is 26.3 Å². The topological polar surface area (TPSA) is 24.4 Å². The number of alkyl halides is 5. The second-order valence-electron chi connectivity index (χ2n) is 9.17. The number of nitrogens with zero attached hydrogens (tertiary/aromatic N) is 1. The van der Waals surface area contributed by atoms with Gasteiger partial charge in [0.05, 0.1) is 23.5 Å². The van der Waals surface area contributed by atoms with Crippen molar-refractivity contribution in [2.45, 2.75) is 76.9 Å². The van der Waals surface area contributed by atoms with Gasteiger partial charge in [0.25, 0.3) is 5.92 Å². The molecule has 2 saturated carbocycles. The number of nitrogens with one attached hydrogen (secondary N) is 1. The van der Waals surface area contributed by atoms with Gasteiger partial charge in [0.2, 0.25) is 0 Å². The van der Waals surface area contributed by atoms with Crippen LogP contribution in [-0.4, -0.2) is 36.3 Å². The Hall–Kier alpha value is -1.12. The first kappa shape index (κ1) is 24.5. The SMILES string of the molecule is CC1=C(SCC(C)(F)F)CC(NC(=NCC2CCCC(C(F)(F)F)C2)C2CC2)C(F)=C1. The van der Waals surface area contributed by atoms with E-state index in [2.05, 4.69) is 10.3 Å². The predicted octanol–water partition coefficient (Wildman–Crippen LogP) is 7.04. The summed E-state index contributed by atoms with van der Waals surface area (Å²) in [5.74, 6) is -4.11. The molecule has 0 heterocycles. The summed E-state index contributed by atoms with van der Waals surface area (Å²) < 4.78 is 80.3. The summed E-state index contributed by atoms with van der Waals surface area (Å²) in [5.41, 5.74) is 0.648. The molecule has 0 amide bonds. The third-order valence-electron chi connectivity index (χ3n) is 6.07. The van der Waals surface area contributed by atoms with Crippen LogP contribution in [0.3, 0.4) is 0 Å². The van der Waals surface area contributed by atoms with Gasteiger partial charge in [-0.25, -0.2) is 13.2 Å². The summed E-state index contributed by atoms with van der Waals surface area (Å²) in [7, 11) is 0. The first-order chi connectivity index (χ1) is 14.4. The fourth-order valence-corrected chi connectivity index (χ4v) is 5.15. The summed E-state index contributed by atoms with van der Waals surface area (Å²) in [6, 6.07) is -0.676. The summed E-state index contributed by atoms with van der Waals surface area (Å²) in [4.78, 5) is 5.30. The van der Waals surface area contributed by atoms with Crippen LogP contribution in [0, 0.1) is 17.8 Å². The largest absolute Gasteiger partial charge is 0.391 e. The fraction of sp³-hybridized carbons (Fsp3) is 0.773. The van der Waals surface area contributed by atoms with Crippen LogP contribution in [0.1, 0.15) is 58.8 Å². The summed E-state index contributed by atoms with van der Waals surface area (Å²) >= 11 is 1.04. The van der Waals surface area contributed by atoms with E-state index < -0.39 is 24.1 Å². The van der Waals surface area contributed by atoms with Gasteiger partial charge in [0.15, 0.2) is 0 Å². The monoisotopic (exact) mass is 468 g/mol. The van der Waals surface area contributed by atoms with Gasteiger partial charge >= 0.3 is 6.18 Å². The van der Waals surface area contributed by atoms with Gasteiger partial charge in [-0.05, 0) is 61.5 Å². The Morgan fingerprint density at radius 1 is 1.16 bits per heavy atom. The lowest BCUT2D eigenvalue weighted by molar-refractivity contribution is -0.185. The lowest BCUT2D eigenvalue weighted by Crippen LogP contribution is -2.38. The molecule has 3 rings (SSSR count). The minimum Gasteiger partial charge on any atom is -0.364 e. The minimum absolute atomic E-state index is 0.0938. The number of allylic oxidation sites excluding steroid dienone is 2. The van der Waals surface area contributed by atoms with Crippen molar-refractivity contribution in [3.8, 4) is 0 Å². The van der Waals surface area contributed by atoms with E-state index in [0.717, 1.165) is 42.9 Å².